The molecular formula is C14H21ClN2O3. The number of hydrogen-bond acceptors (Lipinski definition) is 3. The summed E-state index contributed by atoms with van der Waals surface area (Å²) in [5.41, 5.74) is 0.509. The van der Waals surface area contributed by atoms with E-state index in [0.717, 1.165) is 12.8 Å². The van der Waals surface area contributed by atoms with Gasteiger partial charge in [-0.25, -0.2) is 4.79 Å². The van der Waals surface area contributed by atoms with E-state index in [4.69, 9.17) is 21.1 Å². The van der Waals surface area contributed by atoms with Gasteiger partial charge in [-0.05, 0) is 13.3 Å². The van der Waals surface area contributed by atoms with Gasteiger partial charge in [-0.15, -0.1) is 0 Å². The second-order valence-corrected chi connectivity index (χ2v) is 4.88. The van der Waals surface area contributed by atoms with Gasteiger partial charge in [0, 0.05) is 18.2 Å². The third kappa shape index (κ3) is 4.49. The van der Waals surface area contributed by atoms with Gasteiger partial charge in [0.15, 0.2) is 0 Å². The quantitative estimate of drug-likeness (QED) is 0.842. The Kier molecular flexibility index (Phi) is 6.45. The van der Waals surface area contributed by atoms with Crippen LogP contribution in [0.3, 0.4) is 0 Å². The summed E-state index contributed by atoms with van der Waals surface area (Å²) in [6.07, 6.45) is 1.94. The second kappa shape index (κ2) is 7.85. The van der Waals surface area contributed by atoms with Gasteiger partial charge in [-0.3, -0.25) is 0 Å². The molecule has 2 N–H and O–H groups in total. The molecule has 0 spiro atoms. The first-order valence-electron chi connectivity index (χ1n) is 6.50. The smallest absolute Gasteiger partial charge is 0.319 e. The lowest BCUT2D eigenvalue weighted by atomic mass is 10.2. The van der Waals surface area contributed by atoms with E-state index in [0.29, 0.717) is 22.2 Å². The summed E-state index contributed by atoms with van der Waals surface area (Å²) in [4.78, 5) is 11.9. The molecule has 1 atom stereocenters. The summed E-state index contributed by atoms with van der Waals surface area (Å²) in [6, 6.07) is 3.06. The summed E-state index contributed by atoms with van der Waals surface area (Å²) in [5.74, 6) is 0.957. The van der Waals surface area contributed by atoms with Gasteiger partial charge in [-0.1, -0.05) is 24.9 Å². The van der Waals surface area contributed by atoms with E-state index in [1.165, 1.54) is 14.2 Å². The summed E-state index contributed by atoms with van der Waals surface area (Å²) in [5, 5.41) is 6.02. The molecule has 0 aliphatic rings. The number of ether oxygens (including phenoxy) is 2. The van der Waals surface area contributed by atoms with Crippen LogP contribution >= 0.6 is 11.6 Å². The van der Waals surface area contributed by atoms with E-state index in [2.05, 4.69) is 17.6 Å². The first-order chi connectivity index (χ1) is 9.51. The molecule has 1 aromatic carbocycles. The van der Waals surface area contributed by atoms with Crippen LogP contribution in [0.1, 0.15) is 26.7 Å². The highest BCUT2D eigenvalue weighted by Gasteiger charge is 2.13. The summed E-state index contributed by atoms with van der Waals surface area (Å²) < 4.78 is 10.3. The SMILES string of the molecule is CCCC(C)NC(=O)Nc1cc(OC)c(Cl)cc1OC. The van der Waals surface area contributed by atoms with Crippen molar-refractivity contribution in [2.75, 3.05) is 19.5 Å². The van der Waals surface area contributed by atoms with Gasteiger partial charge in [0.2, 0.25) is 0 Å². The Bertz CT molecular complexity index is 466. The number of hydrogen-bond donors (Lipinski definition) is 2. The van der Waals surface area contributed by atoms with Crippen molar-refractivity contribution < 1.29 is 14.3 Å². The molecule has 0 saturated heterocycles. The van der Waals surface area contributed by atoms with E-state index in [9.17, 15) is 4.79 Å². The highest BCUT2D eigenvalue weighted by atomic mass is 35.5. The molecule has 6 heteroatoms. The van der Waals surface area contributed by atoms with Crippen LogP contribution in [-0.2, 0) is 0 Å². The van der Waals surface area contributed by atoms with Crippen LogP contribution in [0.2, 0.25) is 5.02 Å². The molecule has 0 radical (unpaired) electrons. The molecule has 0 saturated carbocycles. The van der Waals surface area contributed by atoms with Crippen molar-refractivity contribution in [3.8, 4) is 11.5 Å². The molecule has 2 amide bonds. The van der Waals surface area contributed by atoms with Gasteiger partial charge >= 0.3 is 6.03 Å². The van der Waals surface area contributed by atoms with E-state index in [1.807, 2.05) is 6.92 Å². The first-order valence-corrected chi connectivity index (χ1v) is 6.88. The topological polar surface area (TPSA) is 59.6 Å². The van der Waals surface area contributed by atoms with Crippen LogP contribution in [-0.4, -0.2) is 26.3 Å². The van der Waals surface area contributed by atoms with Crippen molar-refractivity contribution in [2.45, 2.75) is 32.7 Å². The number of urea groups is 1. The van der Waals surface area contributed by atoms with Crippen molar-refractivity contribution in [2.24, 2.45) is 0 Å². The van der Waals surface area contributed by atoms with E-state index in [-0.39, 0.29) is 12.1 Å². The van der Waals surface area contributed by atoms with Crippen molar-refractivity contribution in [1.82, 2.24) is 5.32 Å². The molecule has 1 aromatic rings. The molecule has 0 heterocycles. The summed E-state index contributed by atoms with van der Waals surface area (Å²) in [6.45, 7) is 4.03. The minimum absolute atomic E-state index is 0.111. The van der Waals surface area contributed by atoms with Crippen molar-refractivity contribution in [3.63, 3.8) is 0 Å². The molecule has 20 heavy (non-hydrogen) atoms. The molecule has 1 unspecified atom stereocenters. The lowest BCUT2D eigenvalue weighted by Gasteiger charge is -2.16. The van der Waals surface area contributed by atoms with Crippen LogP contribution < -0.4 is 20.1 Å². The number of halogens is 1. The van der Waals surface area contributed by atoms with E-state index in [1.54, 1.807) is 12.1 Å². The molecule has 0 aliphatic carbocycles. The average molecular weight is 301 g/mol. The third-order valence-electron chi connectivity index (χ3n) is 2.82. The minimum atomic E-state index is -0.284. The van der Waals surface area contributed by atoms with E-state index >= 15 is 0 Å². The summed E-state index contributed by atoms with van der Waals surface area (Å²) in [7, 11) is 3.03. The van der Waals surface area contributed by atoms with Crippen LogP contribution in [0.15, 0.2) is 12.1 Å². The second-order valence-electron chi connectivity index (χ2n) is 4.48. The Hall–Kier alpha value is -1.62. The zero-order valence-corrected chi connectivity index (χ0v) is 13.0. The van der Waals surface area contributed by atoms with Crippen LogP contribution in [0.4, 0.5) is 10.5 Å². The molecule has 5 nitrogen and oxygen atoms in total. The van der Waals surface area contributed by atoms with E-state index < -0.39 is 0 Å². The number of benzene rings is 1. The fourth-order valence-corrected chi connectivity index (χ4v) is 2.08. The average Bonchev–Trinajstić information content (AvgIpc) is 2.40. The van der Waals surface area contributed by atoms with Gasteiger partial charge in [0.1, 0.15) is 11.5 Å². The fourth-order valence-electron chi connectivity index (χ4n) is 1.85. The predicted octanol–water partition coefficient (Wildman–Crippen LogP) is 3.67. The normalized spacial score (nSPS) is 11.7. The standard InChI is InChI=1S/C14H21ClN2O3/c1-5-6-9(2)16-14(18)17-11-8-12(19-3)10(15)7-13(11)20-4/h7-9H,5-6H2,1-4H3,(H2,16,17,18). The number of amides is 2. The summed E-state index contributed by atoms with van der Waals surface area (Å²) >= 11 is 6.01. The van der Waals surface area contributed by atoms with Crippen molar-refractivity contribution in [3.05, 3.63) is 17.2 Å². The Labute approximate surface area is 124 Å². The first kappa shape index (κ1) is 16.4. The van der Waals surface area contributed by atoms with Crippen LogP contribution in [0.5, 0.6) is 11.5 Å². The number of anilines is 1. The van der Waals surface area contributed by atoms with Crippen molar-refractivity contribution >= 4 is 23.3 Å². The van der Waals surface area contributed by atoms with Crippen LogP contribution in [0.25, 0.3) is 0 Å². The maximum Gasteiger partial charge on any atom is 0.319 e. The van der Waals surface area contributed by atoms with Gasteiger partial charge in [0.05, 0.1) is 24.9 Å². The number of methoxy groups -OCH3 is 2. The Morgan fingerprint density at radius 2 is 1.95 bits per heavy atom. The Morgan fingerprint density at radius 1 is 1.30 bits per heavy atom. The monoisotopic (exact) mass is 300 g/mol. The molecule has 0 aromatic heterocycles. The lowest BCUT2D eigenvalue weighted by Crippen LogP contribution is -2.36. The van der Waals surface area contributed by atoms with Crippen molar-refractivity contribution in [1.29, 1.82) is 0 Å². The fraction of sp³-hybridized carbons (Fsp3) is 0.500. The number of carbonyl (C=O) groups excluding carboxylic acids is 1. The third-order valence-corrected chi connectivity index (χ3v) is 3.12. The maximum atomic E-state index is 11.9. The predicted molar refractivity (Wildman–Crippen MR) is 81.1 cm³/mol. The highest BCUT2D eigenvalue weighted by Crippen LogP contribution is 2.35. The Balaban J connectivity index is 2.82. The molecule has 0 aliphatic heterocycles. The molecular weight excluding hydrogens is 280 g/mol. The number of carbonyl (C=O) groups is 1. The van der Waals surface area contributed by atoms with Gasteiger partial charge < -0.3 is 20.1 Å². The molecule has 0 bridgehead atoms. The largest absolute Gasteiger partial charge is 0.495 e. The zero-order chi connectivity index (χ0) is 15.1. The number of rotatable bonds is 6. The highest BCUT2D eigenvalue weighted by molar-refractivity contribution is 6.32. The molecule has 112 valence electrons. The van der Waals surface area contributed by atoms with Gasteiger partial charge in [0.25, 0.3) is 0 Å². The van der Waals surface area contributed by atoms with Gasteiger partial charge in [-0.2, -0.15) is 0 Å². The zero-order valence-electron chi connectivity index (χ0n) is 12.2. The molecule has 1 rings (SSSR count). The minimum Gasteiger partial charge on any atom is -0.495 e. The lowest BCUT2D eigenvalue weighted by molar-refractivity contribution is 0.248. The number of nitrogens with one attached hydrogen (secondary N) is 2. The molecule has 0 fully saturated rings. The van der Waals surface area contributed by atoms with Crippen LogP contribution in [0, 0.1) is 0 Å². The maximum absolute atomic E-state index is 11.9. The Morgan fingerprint density at radius 3 is 2.50 bits per heavy atom.